The Morgan fingerprint density at radius 1 is 1.00 bits per heavy atom. The second-order valence-corrected chi connectivity index (χ2v) is 9.50. The number of sulfonamides is 1. The van der Waals surface area contributed by atoms with E-state index in [1.54, 1.807) is 36.4 Å². The predicted molar refractivity (Wildman–Crippen MR) is 122 cm³/mol. The molecule has 0 saturated carbocycles. The summed E-state index contributed by atoms with van der Waals surface area (Å²) < 4.78 is 32.9. The number of benzene rings is 2. The molecule has 0 spiro atoms. The van der Waals surface area contributed by atoms with Crippen LogP contribution in [0.15, 0.2) is 53.4 Å². The van der Waals surface area contributed by atoms with Gasteiger partial charge < -0.3 is 15.4 Å². The topological polar surface area (TPSA) is 105 Å². The Morgan fingerprint density at radius 3 is 2.34 bits per heavy atom. The molecule has 1 aliphatic rings. The second-order valence-electron chi connectivity index (χ2n) is 7.57. The maximum absolute atomic E-state index is 13.0. The van der Waals surface area contributed by atoms with E-state index in [1.807, 2.05) is 6.92 Å². The van der Waals surface area contributed by atoms with Crippen LogP contribution in [0.25, 0.3) is 0 Å². The molecule has 0 atom stereocenters. The first-order valence-electron chi connectivity index (χ1n) is 10.8. The van der Waals surface area contributed by atoms with Crippen molar-refractivity contribution in [1.29, 1.82) is 0 Å². The third-order valence-electron chi connectivity index (χ3n) is 5.16. The number of nitrogens with one attached hydrogen (secondary N) is 2. The van der Waals surface area contributed by atoms with Gasteiger partial charge in [0.15, 0.2) is 6.61 Å². The Bertz CT molecular complexity index is 1030. The molecule has 0 unspecified atom stereocenters. The second kappa shape index (κ2) is 11.1. The smallest absolute Gasteiger partial charge is 0.257 e. The largest absolute Gasteiger partial charge is 0.484 e. The van der Waals surface area contributed by atoms with Gasteiger partial charge in [-0.3, -0.25) is 9.59 Å². The number of rotatable bonds is 8. The van der Waals surface area contributed by atoms with Crippen LogP contribution in [0.5, 0.6) is 5.75 Å². The predicted octanol–water partition coefficient (Wildman–Crippen LogP) is 3.02. The molecule has 0 radical (unpaired) electrons. The first kappa shape index (κ1) is 23.7. The molecule has 0 bridgehead atoms. The molecule has 2 amide bonds. The molecule has 1 heterocycles. The maximum Gasteiger partial charge on any atom is 0.257 e. The summed E-state index contributed by atoms with van der Waals surface area (Å²) >= 11 is 0. The monoisotopic (exact) mass is 459 g/mol. The highest BCUT2D eigenvalue weighted by molar-refractivity contribution is 7.89. The van der Waals surface area contributed by atoms with E-state index in [2.05, 4.69) is 10.6 Å². The molecule has 172 valence electrons. The molecular formula is C23H29N3O5S. The van der Waals surface area contributed by atoms with Gasteiger partial charge in [-0.25, -0.2) is 8.42 Å². The van der Waals surface area contributed by atoms with Gasteiger partial charge in [0.05, 0.1) is 4.90 Å². The number of anilines is 1. The van der Waals surface area contributed by atoms with E-state index in [1.165, 1.54) is 16.4 Å². The van der Waals surface area contributed by atoms with E-state index in [0.29, 0.717) is 31.1 Å². The molecule has 32 heavy (non-hydrogen) atoms. The number of hydrogen-bond acceptors (Lipinski definition) is 5. The van der Waals surface area contributed by atoms with Crippen molar-refractivity contribution < 1.29 is 22.7 Å². The lowest BCUT2D eigenvalue weighted by Crippen LogP contribution is -2.32. The fourth-order valence-corrected chi connectivity index (χ4v) is 5.03. The highest BCUT2D eigenvalue weighted by Gasteiger charge is 2.25. The van der Waals surface area contributed by atoms with Crippen LogP contribution in [-0.2, 0) is 14.8 Å². The summed E-state index contributed by atoms with van der Waals surface area (Å²) in [6.45, 7) is 3.29. The van der Waals surface area contributed by atoms with E-state index in [9.17, 15) is 18.0 Å². The van der Waals surface area contributed by atoms with Crippen molar-refractivity contribution in [2.75, 3.05) is 31.6 Å². The highest BCUT2D eigenvalue weighted by Crippen LogP contribution is 2.22. The summed E-state index contributed by atoms with van der Waals surface area (Å²) in [5.41, 5.74) is 0.790. The van der Waals surface area contributed by atoms with E-state index in [0.717, 1.165) is 25.7 Å². The Kier molecular flexibility index (Phi) is 8.24. The third kappa shape index (κ3) is 6.30. The minimum Gasteiger partial charge on any atom is -0.484 e. The summed E-state index contributed by atoms with van der Waals surface area (Å²) in [5, 5.41) is 5.40. The van der Waals surface area contributed by atoms with Crippen LogP contribution in [0, 0.1) is 0 Å². The SMILES string of the molecule is CCNC(=O)COc1ccc(NC(=O)c2cccc(S(=O)(=O)N3CCCCCC3)c2)cc1. The quantitative estimate of drug-likeness (QED) is 0.631. The lowest BCUT2D eigenvalue weighted by molar-refractivity contribution is -0.122. The number of nitrogens with zero attached hydrogens (tertiary/aromatic N) is 1. The van der Waals surface area contributed by atoms with Gasteiger partial charge in [0.1, 0.15) is 5.75 Å². The zero-order valence-electron chi connectivity index (χ0n) is 18.2. The van der Waals surface area contributed by atoms with Gasteiger partial charge in [-0.15, -0.1) is 0 Å². The molecule has 1 fully saturated rings. The summed E-state index contributed by atoms with van der Waals surface area (Å²) in [7, 11) is -3.63. The number of likely N-dealkylation sites (N-methyl/N-ethyl adjacent to an activating group) is 1. The Morgan fingerprint density at radius 2 is 1.69 bits per heavy atom. The number of carbonyl (C=O) groups is 2. The summed E-state index contributed by atoms with van der Waals surface area (Å²) in [4.78, 5) is 24.3. The first-order valence-corrected chi connectivity index (χ1v) is 12.3. The molecule has 9 heteroatoms. The van der Waals surface area contributed by atoms with Gasteiger partial charge in [-0.05, 0) is 62.2 Å². The summed E-state index contributed by atoms with van der Waals surface area (Å²) in [6.07, 6.45) is 3.76. The molecule has 3 rings (SSSR count). The van der Waals surface area contributed by atoms with Crippen molar-refractivity contribution in [3.63, 3.8) is 0 Å². The van der Waals surface area contributed by atoms with Crippen molar-refractivity contribution >= 4 is 27.5 Å². The van der Waals surface area contributed by atoms with Crippen molar-refractivity contribution in [3.05, 3.63) is 54.1 Å². The van der Waals surface area contributed by atoms with Gasteiger partial charge in [-0.2, -0.15) is 4.31 Å². The van der Waals surface area contributed by atoms with Gasteiger partial charge in [0, 0.05) is 30.9 Å². The van der Waals surface area contributed by atoms with Crippen LogP contribution in [0.2, 0.25) is 0 Å². The van der Waals surface area contributed by atoms with Crippen LogP contribution < -0.4 is 15.4 Å². The number of hydrogen-bond donors (Lipinski definition) is 2. The third-order valence-corrected chi connectivity index (χ3v) is 7.05. The molecular weight excluding hydrogens is 430 g/mol. The maximum atomic E-state index is 13.0. The van der Waals surface area contributed by atoms with Gasteiger partial charge in [-0.1, -0.05) is 18.9 Å². The fourth-order valence-electron chi connectivity index (χ4n) is 3.46. The van der Waals surface area contributed by atoms with Gasteiger partial charge >= 0.3 is 0 Å². The summed E-state index contributed by atoms with van der Waals surface area (Å²) in [5.74, 6) is -0.117. The first-order chi connectivity index (χ1) is 15.4. The van der Waals surface area contributed by atoms with Crippen LogP contribution in [-0.4, -0.2) is 50.8 Å². The van der Waals surface area contributed by atoms with Crippen molar-refractivity contribution in [2.45, 2.75) is 37.5 Å². The minimum atomic E-state index is -3.63. The van der Waals surface area contributed by atoms with E-state index in [-0.39, 0.29) is 23.0 Å². The van der Waals surface area contributed by atoms with Gasteiger partial charge in [0.2, 0.25) is 10.0 Å². The average molecular weight is 460 g/mol. The fraction of sp³-hybridized carbons (Fsp3) is 0.391. The number of carbonyl (C=O) groups excluding carboxylic acids is 2. The molecule has 0 aliphatic carbocycles. The van der Waals surface area contributed by atoms with E-state index in [4.69, 9.17) is 4.74 Å². The van der Waals surface area contributed by atoms with Crippen LogP contribution in [0.4, 0.5) is 5.69 Å². The number of amides is 2. The van der Waals surface area contributed by atoms with Crippen molar-refractivity contribution in [3.8, 4) is 5.75 Å². The van der Waals surface area contributed by atoms with Crippen LogP contribution in [0.3, 0.4) is 0 Å². The van der Waals surface area contributed by atoms with Crippen molar-refractivity contribution in [1.82, 2.24) is 9.62 Å². The van der Waals surface area contributed by atoms with E-state index >= 15 is 0 Å². The van der Waals surface area contributed by atoms with Crippen LogP contribution >= 0.6 is 0 Å². The molecule has 2 aromatic rings. The summed E-state index contributed by atoms with van der Waals surface area (Å²) in [6, 6.07) is 12.7. The minimum absolute atomic E-state index is 0.0855. The Labute approximate surface area is 189 Å². The Hall–Kier alpha value is -2.91. The molecule has 1 saturated heterocycles. The molecule has 8 nitrogen and oxygen atoms in total. The number of ether oxygens (including phenoxy) is 1. The van der Waals surface area contributed by atoms with Crippen molar-refractivity contribution in [2.24, 2.45) is 0 Å². The molecule has 2 N–H and O–H groups in total. The zero-order chi connectivity index (χ0) is 23.0. The normalized spacial score (nSPS) is 14.9. The zero-order valence-corrected chi connectivity index (χ0v) is 19.0. The van der Waals surface area contributed by atoms with Crippen LogP contribution in [0.1, 0.15) is 43.0 Å². The lowest BCUT2D eigenvalue weighted by atomic mass is 10.2. The van der Waals surface area contributed by atoms with E-state index < -0.39 is 15.9 Å². The molecule has 2 aromatic carbocycles. The molecule has 1 aliphatic heterocycles. The standard InChI is InChI=1S/C23H29N3O5S/c1-2-24-22(27)17-31-20-12-10-19(11-13-20)25-23(28)18-8-7-9-21(16-18)32(29,30)26-14-5-3-4-6-15-26/h7-13,16H,2-6,14-15,17H2,1H3,(H,24,27)(H,25,28). The highest BCUT2D eigenvalue weighted by atomic mass is 32.2. The lowest BCUT2D eigenvalue weighted by Gasteiger charge is -2.20. The average Bonchev–Trinajstić information content (AvgIpc) is 3.09. The molecule has 0 aromatic heterocycles. The van der Waals surface area contributed by atoms with Gasteiger partial charge in [0.25, 0.3) is 11.8 Å². The Balaban J connectivity index is 1.65.